The van der Waals surface area contributed by atoms with Crippen molar-refractivity contribution >= 4 is 28.4 Å². The van der Waals surface area contributed by atoms with Gasteiger partial charge in [-0.15, -0.1) is 0 Å². The molecule has 0 saturated carbocycles. The molecule has 0 aliphatic carbocycles. The van der Waals surface area contributed by atoms with Crippen molar-refractivity contribution in [1.82, 2.24) is 4.90 Å². The van der Waals surface area contributed by atoms with Crippen LogP contribution in [0.2, 0.25) is 0 Å². The zero-order valence-corrected chi connectivity index (χ0v) is 19.5. The first-order chi connectivity index (χ1) is 16.1. The predicted molar refractivity (Wildman–Crippen MR) is 127 cm³/mol. The van der Waals surface area contributed by atoms with Gasteiger partial charge in [-0.25, -0.2) is 8.78 Å². The van der Waals surface area contributed by atoms with Crippen molar-refractivity contribution in [1.29, 1.82) is 0 Å². The molecule has 2 heterocycles. The molecule has 1 aromatic heterocycles. The second-order valence-electron chi connectivity index (χ2n) is 8.73. The first-order valence-electron chi connectivity index (χ1n) is 11.0. The van der Waals surface area contributed by atoms with E-state index in [2.05, 4.69) is 5.32 Å². The zero-order chi connectivity index (χ0) is 24.6. The predicted octanol–water partition coefficient (Wildman–Crippen LogP) is 4.17. The highest BCUT2D eigenvalue weighted by Gasteiger charge is 2.25. The van der Waals surface area contributed by atoms with E-state index >= 15 is 0 Å². The lowest BCUT2D eigenvalue weighted by molar-refractivity contribution is 0.0827. The highest BCUT2D eigenvalue weighted by atomic mass is 19.1. The topological polar surface area (TPSA) is 75.0 Å². The maximum atomic E-state index is 13.7. The molecule has 1 aliphatic heterocycles. The summed E-state index contributed by atoms with van der Waals surface area (Å²) in [5.41, 5.74) is 1.09. The van der Waals surface area contributed by atoms with E-state index < -0.39 is 17.7 Å². The normalized spacial score (nSPS) is 17.0. The van der Waals surface area contributed by atoms with Crippen LogP contribution in [0.1, 0.15) is 35.8 Å². The molecule has 3 aromatic rings. The lowest BCUT2D eigenvalue weighted by Crippen LogP contribution is -2.44. The Labute approximate surface area is 195 Å². The molecule has 9 heteroatoms. The average Bonchev–Trinajstić information content (AvgIpc) is 2.77. The molecule has 1 fully saturated rings. The van der Waals surface area contributed by atoms with Crippen LogP contribution in [0.4, 0.5) is 20.4 Å². The fourth-order valence-corrected chi connectivity index (χ4v) is 4.14. The summed E-state index contributed by atoms with van der Waals surface area (Å²) in [5, 5.41) is 3.31. The molecule has 2 aromatic carbocycles. The van der Waals surface area contributed by atoms with Crippen molar-refractivity contribution in [3.05, 3.63) is 69.4 Å². The Bertz CT molecular complexity index is 1270. The van der Waals surface area contributed by atoms with Gasteiger partial charge in [0.1, 0.15) is 17.2 Å². The van der Waals surface area contributed by atoms with Crippen LogP contribution in [-0.4, -0.2) is 50.7 Å². The number of nitrogens with zero attached hydrogens (tertiary/aromatic N) is 2. The van der Waals surface area contributed by atoms with Gasteiger partial charge in [0.25, 0.3) is 5.91 Å². The second kappa shape index (κ2) is 9.42. The molecule has 2 atom stereocenters. The number of rotatable bonds is 5. The Balaban J connectivity index is 1.86. The molecule has 0 bridgehead atoms. The number of ether oxygens (including phenoxy) is 1. The number of hydrogen-bond donors (Lipinski definition) is 1. The number of carbonyl (C=O) groups is 1. The number of nitrogens with one attached hydrogen (secondary N) is 1. The van der Waals surface area contributed by atoms with Crippen LogP contribution in [0.15, 0.2) is 45.6 Å². The quantitative estimate of drug-likeness (QED) is 0.602. The molecule has 1 aliphatic rings. The third-order valence-electron chi connectivity index (χ3n) is 5.86. The molecule has 1 saturated heterocycles. The Kier molecular flexibility index (Phi) is 6.56. The van der Waals surface area contributed by atoms with Gasteiger partial charge in [0.15, 0.2) is 11.3 Å². The maximum absolute atomic E-state index is 13.7. The van der Waals surface area contributed by atoms with E-state index in [4.69, 9.17) is 9.15 Å². The van der Waals surface area contributed by atoms with Gasteiger partial charge in [0.05, 0.1) is 30.7 Å². The molecule has 180 valence electrons. The van der Waals surface area contributed by atoms with Crippen LogP contribution < -0.4 is 15.6 Å². The van der Waals surface area contributed by atoms with Crippen LogP contribution in [0, 0.1) is 11.6 Å². The Morgan fingerprint density at radius 1 is 1.15 bits per heavy atom. The number of amides is 1. The molecule has 4 rings (SSSR count). The Hall–Kier alpha value is -3.46. The van der Waals surface area contributed by atoms with Crippen LogP contribution in [0.25, 0.3) is 11.0 Å². The standard InChI is InChI=1S/C25H27F2N3O4/c1-14-13-33-6-5-30(14)23-12-22(31)21-8-16(25(32)29(3)4)7-20(24(21)34-23)15(2)28-19-10-17(26)9-18(27)11-19/h7-12,14-15,28H,5-6,13H2,1-4H3/t14?,15-/m1/s1. The monoisotopic (exact) mass is 471 g/mol. The minimum Gasteiger partial charge on any atom is -0.440 e. The molecule has 34 heavy (non-hydrogen) atoms. The summed E-state index contributed by atoms with van der Waals surface area (Å²) in [6.07, 6.45) is 0. The Morgan fingerprint density at radius 3 is 2.50 bits per heavy atom. The summed E-state index contributed by atoms with van der Waals surface area (Å²) in [6, 6.07) is 7.20. The van der Waals surface area contributed by atoms with Crippen molar-refractivity contribution in [2.75, 3.05) is 44.1 Å². The summed E-state index contributed by atoms with van der Waals surface area (Å²) in [5.74, 6) is -1.31. The van der Waals surface area contributed by atoms with Crippen molar-refractivity contribution < 1.29 is 22.7 Å². The van der Waals surface area contributed by atoms with Crippen molar-refractivity contribution in [2.24, 2.45) is 0 Å². The van der Waals surface area contributed by atoms with E-state index in [0.29, 0.717) is 42.4 Å². The van der Waals surface area contributed by atoms with Gasteiger partial charge in [0, 0.05) is 49.6 Å². The zero-order valence-electron chi connectivity index (χ0n) is 19.5. The molecule has 1 amide bonds. The molecule has 0 spiro atoms. The maximum Gasteiger partial charge on any atom is 0.253 e. The molecule has 1 unspecified atom stereocenters. The summed E-state index contributed by atoms with van der Waals surface area (Å²) in [7, 11) is 3.24. The molecular formula is C25H27F2N3O4. The largest absolute Gasteiger partial charge is 0.440 e. The van der Waals surface area contributed by atoms with E-state index in [1.165, 1.54) is 29.2 Å². The van der Waals surface area contributed by atoms with Crippen molar-refractivity contribution in [3.63, 3.8) is 0 Å². The van der Waals surface area contributed by atoms with Gasteiger partial charge >= 0.3 is 0 Å². The van der Waals surface area contributed by atoms with Crippen molar-refractivity contribution in [2.45, 2.75) is 25.9 Å². The van der Waals surface area contributed by atoms with Crippen LogP contribution in [0.3, 0.4) is 0 Å². The van der Waals surface area contributed by atoms with Gasteiger partial charge in [0.2, 0.25) is 0 Å². The van der Waals surface area contributed by atoms with Crippen LogP contribution in [-0.2, 0) is 4.74 Å². The van der Waals surface area contributed by atoms with Crippen molar-refractivity contribution in [3.8, 4) is 0 Å². The number of halogens is 2. The smallest absolute Gasteiger partial charge is 0.253 e. The van der Waals surface area contributed by atoms with Crippen LogP contribution in [0.5, 0.6) is 0 Å². The lowest BCUT2D eigenvalue weighted by atomic mass is 9.99. The molecule has 0 radical (unpaired) electrons. The molecule has 7 nitrogen and oxygen atoms in total. The third kappa shape index (κ3) is 4.75. The first kappa shape index (κ1) is 23.7. The summed E-state index contributed by atoms with van der Waals surface area (Å²) >= 11 is 0. The highest BCUT2D eigenvalue weighted by molar-refractivity contribution is 5.98. The summed E-state index contributed by atoms with van der Waals surface area (Å²) < 4.78 is 39.2. The SMILES string of the molecule is CC1COCCN1c1cc(=O)c2cc(C(=O)N(C)C)cc([C@@H](C)Nc3cc(F)cc(F)c3)c2o1. The number of benzene rings is 2. The Morgan fingerprint density at radius 2 is 1.85 bits per heavy atom. The summed E-state index contributed by atoms with van der Waals surface area (Å²) in [6.45, 7) is 5.34. The lowest BCUT2D eigenvalue weighted by Gasteiger charge is -2.33. The minimum atomic E-state index is -0.716. The van der Waals surface area contributed by atoms with Gasteiger partial charge in [-0.1, -0.05) is 0 Å². The average molecular weight is 472 g/mol. The molecular weight excluding hydrogens is 444 g/mol. The third-order valence-corrected chi connectivity index (χ3v) is 5.86. The van der Waals surface area contributed by atoms with Gasteiger partial charge in [-0.2, -0.15) is 0 Å². The number of anilines is 2. The fourth-order valence-electron chi connectivity index (χ4n) is 4.14. The number of morpholine rings is 1. The van der Waals surface area contributed by atoms with E-state index in [9.17, 15) is 18.4 Å². The fraction of sp³-hybridized carbons (Fsp3) is 0.360. The van der Waals surface area contributed by atoms with Gasteiger partial charge < -0.3 is 24.3 Å². The minimum absolute atomic E-state index is 0.0122. The molecule has 1 N–H and O–H groups in total. The van der Waals surface area contributed by atoms with Crippen LogP contribution >= 0.6 is 0 Å². The number of hydrogen-bond acceptors (Lipinski definition) is 6. The number of fused-ring (bicyclic) bond motifs is 1. The summed E-state index contributed by atoms with van der Waals surface area (Å²) in [4.78, 5) is 29.3. The first-order valence-corrected chi connectivity index (χ1v) is 11.0. The van der Waals surface area contributed by atoms with E-state index in [1.807, 2.05) is 11.8 Å². The van der Waals surface area contributed by atoms with Gasteiger partial charge in [-0.3, -0.25) is 9.59 Å². The number of carbonyl (C=O) groups excluding carboxylic acids is 1. The van der Waals surface area contributed by atoms with Gasteiger partial charge in [-0.05, 0) is 38.1 Å². The second-order valence-corrected chi connectivity index (χ2v) is 8.73. The van der Waals surface area contributed by atoms with E-state index in [0.717, 1.165) is 6.07 Å². The van der Waals surface area contributed by atoms with E-state index in [-0.39, 0.29) is 28.5 Å². The highest BCUT2D eigenvalue weighted by Crippen LogP contribution is 2.31. The van der Waals surface area contributed by atoms with E-state index in [1.54, 1.807) is 27.1 Å².